The Labute approximate surface area is 80.1 Å². The smallest absolute Gasteiger partial charge is 0.319 e. The molecule has 0 amide bonds. The van der Waals surface area contributed by atoms with E-state index in [1.165, 1.54) is 13.5 Å². The average molecular weight is 185 g/mol. The molecule has 0 aromatic rings. The average Bonchev–Trinajstić information content (AvgIpc) is 2.52. The van der Waals surface area contributed by atoms with Gasteiger partial charge in [0.25, 0.3) is 0 Å². The molecule has 0 aromatic heterocycles. The molecule has 3 nitrogen and oxygen atoms in total. The van der Waals surface area contributed by atoms with Crippen LogP contribution in [0.3, 0.4) is 0 Å². The van der Waals surface area contributed by atoms with Gasteiger partial charge in [-0.3, -0.25) is 9.69 Å². The molecule has 0 aliphatic carbocycles. The van der Waals surface area contributed by atoms with E-state index in [4.69, 9.17) is 0 Å². The highest BCUT2D eigenvalue weighted by Crippen LogP contribution is 2.23. The van der Waals surface area contributed by atoms with Gasteiger partial charge in [-0.05, 0) is 24.8 Å². The summed E-state index contributed by atoms with van der Waals surface area (Å²) in [6.07, 6.45) is 1.22. The van der Waals surface area contributed by atoms with E-state index in [0.29, 0.717) is 6.54 Å². The summed E-state index contributed by atoms with van der Waals surface area (Å²) in [4.78, 5) is 13.2. The Bertz CT molecular complexity index is 180. The van der Waals surface area contributed by atoms with E-state index in [2.05, 4.69) is 23.5 Å². The lowest BCUT2D eigenvalue weighted by molar-refractivity contribution is -0.141. The zero-order valence-electron chi connectivity index (χ0n) is 8.75. The van der Waals surface area contributed by atoms with E-state index < -0.39 is 0 Å². The molecule has 0 radical (unpaired) electrons. The topological polar surface area (TPSA) is 29.5 Å². The Morgan fingerprint density at radius 1 is 1.62 bits per heavy atom. The van der Waals surface area contributed by atoms with Crippen LogP contribution >= 0.6 is 0 Å². The van der Waals surface area contributed by atoms with Gasteiger partial charge in [0.05, 0.1) is 13.7 Å². The van der Waals surface area contributed by atoms with E-state index in [1.807, 2.05) is 0 Å². The lowest BCUT2D eigenvalue weighted by Crippen LogP contribution is -2.29. The summed E-state index contributed by atoms with van der Waals surface area (Å²) in [5.41, 5.74) is 0. The first-order valence-electron chi connectivity index (χ1n) is 4.92. The van der Waals surface area contributed by atoms with Crippen molar-refractivity contribution in [1.82, 2.24) is 4.90 Å². The van der Waals surface area contributed by atoms with Gasteiger partial charge in [0.1, 0.15) is 0 Å². The SMILES string of the molecule is COC(=O)CN1CCC(C(C)C)C1. The Balaban J connectivity index is 2.29. The third-order valence-corrected chi connectivity index (χ3v) is 2.83. The van der Waals surface area contributed by atoms with Gasteiger partial charge in [-0.2, -0.15) is 0 Å². The molecule has 3 heteroatoms. The van der Waals surface area contributed by atoms with Crippen molar-refractivity contribution in [3.05, 3.63) is 0 Å². The van der Waals surface area contributed by atoms with E-state index in [1.54, 1.807) is 0 Å². The molecular formula is C10H19NO2. The van der Waals surface area contributed by atoms with Crippen LogP contribution in [0.1, 0.15) is 20.3 Å². The van der Waals surface area contributed by atoms with Crippen molar-refractivity contribution in [3.63, 3.8) is 0 Å². The van der Waals surface area contributed by atoms with Crippen LogP contribution < -0.4 is 0 Å². The number of carbonyl (C=O) groups excluding carboxylic acids is 1. The lowest BCUT2D eigenvalue weighted by atomic mass is 9.95. The Morgan fingerprint density at radius 3 is 2.77 bits per heavy atom. The lowest BCUT2D eigenvalue weighted by Gasteiger charge is -2.16. The first kappa shape index (κ1) is 10.5. The number of rotatable bonds is 3. The summed E-state index contributed by atoms with van der Waals surface area (Å²) in [5.74, 6) is 1.36. The molecule has 1 unspecified atom stereocenters. The number of hydrogen-bond donors (Lipinski definition) is 0. The molecule has 1 saturated heterocycles. The van der Waals surface area contributed by atoms with Crippen LogP contribution in [0.25, 0.3) is 0 Å². The molecule has 1 atom stereocenters. The van der Waals surface area contributed by atoms with Gasteiger partial charge in [-0.25, -0.2) is 0 Å². The molecule has 1 fully saturated rings. The molecule has 76 valence electrons. The van der Waals surface area contributed by atoms with Gasteiger partial charge in [0, 0.05) is 6.54 Å². The predicted octanol–water partition coefficient (Wildman–Crippen LogP) is 1.14. The van der Waals surface area contributed by atoms with Crippen LogP contribution in [0.2, 0.25) is 0 Å². The first-order valence-corrected chi connectivity index (χ1v) is 4.92. The van der Waals surface area contributed by atoms with E-state index >= 15 is 0 Å². The minimum absolute atomic E-state index is 0.121. The maximum Gasteiger partial charge on any atom is 0.319 e. The first-order chi connectivity index (χ1) is 6.13. The van der Waals surface area contributed by atoms with Crippen molar-refractivity contribution < 1.29 is 9.53 Å². The second-order valence-corrected chi connectivity index (χ2v) is 4.10. The molecule has 0 N–H and O–H groups in total. The van der Waals surface area contributed by atoms with Gasteiger partial charge in [0.2, 0.25) is 0 Å². The molecule has 0 spiro atoms. The zero-order valence-corrected chi connectivity index (χ0v) is 8.75. The highest BCUT2D eigenvalue weighted by atomic mass is 16.5. The third kappa shape index (κ3) is 2.99. The van der Waals surface area contributed by atoms with Gasteiger partial charge in [-0.1, -0.05) is 13.8 Å². The normalized spacial score (nSPS) is 23.8. The van der Waals surface area contributed by atoms with Crippen molar-refractivity contribution in [2.24, 2.45) is 11.8 Å². The molecule has 0 saturated carbocycles. The fourth-order valence-electron chi connectivity index (χ4n) is 1.80. The van der Waals surface area contributed by atoms with Crippen LogP contribution in [0.15, 0.2) is 0 Å². The number of methoxy groups -OCH3 is 1. The molecular weight excluding hydrogens is 166 g/mol. The van der Waals surface area contributed by atoms with Crippen LogP contribution in [0.4, 0.5) is 0 Å². The van der Waals surface area contributed by atoms with Gasteiger partial charge in [0.15, 0.2) is 0 Å². The summed E-state index contributed by atoms with van der Waals surface area (Å²) in [6, 6.07) is 0. The number of carbonyl (C=O) groups is 1. The van der Waals surface area contributed by atoms with Crippen molar-refractivity contribution in [3.8, 4) is 0 Å². The van der Waals surface area contributed by atoms with Crippen molar-refractivity contribution in [1.29, 1.82) is 0 Å². The molecule has 1 aliphatic heterocycles. The second kappa shape index (κ2) is 4.61. The predicted molar refractivity (Wildman–Crippen MR) is 51.4 cm³/mol. The number of likely N-dealkylation sites (tertiary alicyclic amines) is 1. The van der Waals surface area contributed by atoms with Gasteiger partial charge in [-0.15, -0.1) is 0 Å². The highest BCUT2D eigenvalue weighted by molar-refractivity contribution is 5.71. The third-order valence-electron chi connectivity index (χ3n) is 2.83. The van der Waals surface area contributed by atoms with Crippen LogP contribution in [-0.2, 0) is 9.53 Å². The summed E-state index contributed by atoms with van der Waals surface area (Å²) in [6.45, 7) is 7.03. The molecule has 0 bridgehead atoms. The Morgan fingerprint density at radius 2 is 2.31 bits per heavy atom. The molecule has 1 aliphatic rings. The van der Waals surface area contributed by atoms with Gasteiger partial charge >= 0.3 is 5.97 Å². The number of ether oxygens (including phenoxy) is 1. The summed E-state index contributed by atoms with van der Waals surface area (Å²) in [5, 5.41) is 0. The summed E-state index contributed by atoms with van der Waals surface area (Å²) in [7, 11) is 1.44. The quantitative estimate of drug-likeness (QED) is 0.617. The maximum atomic E-state index is 11.0. The minimum Gasteiger partial charge on any atom is -0.468 e. The molecule has 1 heterocycles. The fourth-order valence-corrected chi connectivity index (χ4v) is 1.80. The Hall–Kier alpha value is -0.570. The summed E-state index contributed by atoms with van der Waals surface area (Å²) < 4.78 is 4.63. The molecule has 0 aromatic carbocycles. The van der Waals surface area contributed by atoms with Crippen LogP contribution in [-0.4, -0.2) is 37.6 Å². The number of hydrogen-bond acceptors (Lipinski definition) is 3. The standard InChI is InChI=1S/C10H19NO2/c1-8(2)9-4-5-11(6-9)7-10(12)13-3/h8-9H,4-7H2,1-3H3. The van der Waals surface area contributed by atoms with Crippen molar-refractivity contribution >= 4 is 5.97 Å². The van der Waals surface area contributed by atoms with Gasteiger partial charge < -0.3 is 4.74 Å². The van der Waals surface area contributed by atoms with Crippen LogP contribution in [0.5, 0.6) is 0 Å². The number of nitrogens with zero attached hydrogens (tertiary/aromatic N) is 1. The van der Waals surface area contributed by atoms with E-state index in [-0.39, 0.29) is 5.97 Å². The number of esters is 1. The van der Waals surface area contributed by atoms with E-state index in [9.17, 15) is 4.79 Å². The highest BCUT2D eigenvalue weighted by Gasteiger charge is 2.25. The molecule has 13 heavy (non-hydrogen) atoms. The molecule has 1 rings (SSSR count). The van der Waals surface area contributed by atoms with Crippen molar-refractivity contribution in [2.75, 3.05) is 26.7 Å². The second-order valence-electron chi connectivity index (χ2n) is 4.10. The fraction of sp³-hybridized carbons (Fsp3) is 0.900. The maximum absolute atomic E-state index is 11.0. The monoisotopic (exact) mass is 185 g/mol. The van der Waals surface area contributed by atoms with E-state index in [0.717, 1.165) is 24.9 Å². The largest absolute Gasteiger partial charge is 0.468 e. The summed E-state index contributed by atoms with van der Waals surface area (Å²) >= 11 is 0. The zero-order chi connectivity index (χ0) is 9.84. The minimum atomic E-state index is -0.121. The van der Waals surface area contributed by atoms with Crippen LogP contribution in [0, 0.1) is 11.8 Å². The van der Waals surface area contributed by atoms with Crippen molar-refractivity contribution in [2.45, 2.75) is 20.3 Å². The Kier molecular flexibility index (Phi) is 3.72.